The van der Waals surface area contributed by atoms with Crippen molar-refractivity contribution in [2.24, 2.45) is 0 Å². The molecule has 0 fully saturated rings. The number of hydrogen-bond acceptors (Lipinski definition) is 4. The van der Waals surface area contributed by atoms with E-state index >= 15 is 0 Å². The summed E-state index contributed by atoms with van der Waals surface area (Å²) < 4.78 is 12.1. The van der Waals surface area contributed by atoms with Gasteiger partial charge in [-0.05, 0) is 76.9 Å². The van der Waals surface area contributed by atoms with E-state index < -0.39 is 0 Å². The maximum atomic E-state index is 10.5. The quantitative estimate of drug-likeness (QED) is 0.225. The summed E-state index contributed by atoms with van der Waals surface area (Å²) in [6.45, 7) is 0. The topological polar surface area (TPSA) is 73.9 Å². The monoisotopic (exact) mass is 536 g/mol. The van der Waals surface area contributed by atoms with E-state index in [1.807, 2.05) is 97.1 Å². The molecule has 0 saturated carbocycles. The number of para-hydroxylation sites is 2. The summed E-state index contributed by atoms with van der Waals surface area (Å²) in [5.41, 5.74) is 9.45. The van der Waals surface area contributed by atoms with Crippen LogP contribution in [0, 0.1) is 22.7 Å². The summed E-state index contributed by atoms with van der Waals surface area (Å²) in [6.07, 6.45) is 0. The fourth-order valence-electron chi connectivity index (χ4n) is 6.02. The van der Waals surface area contributed by atoms with Gasteiger partial charge in [0.2, 0.25) is 0 Å². The molecular weight excluding hydrogens is 516 g/mol. The van der Waals surface area contributed by atoms with E-state index in [2.05, 4.69) is 36.4 Å². The smallest absolute Gasteiger partial charge is 0.135 e. The first kappa shape index (κ1) is 23.8. The van der Waals surface area contributed by atoms with Crippen molar-refractivity contribution in [1.82, 2.24) is 0 Å². The number of rotatable bonds is 3. The van der Waals surface area contributed by atoms with Crippen LogP contribution < -0.4 is 0 Å². The van der Waals surface area contributed by atoms with Crippen LogP contribution in [0.2, 0.25) is 0 Å². The number of nitriles is 2. The number of hydrogen-bond donors (Lipinski definition) is 0. The highest BCUT2D eigenvalue weighted by Crippen LogP contribution is 2.42. The molecule has 0 bridgehead atoms. The SMILES string of the molecule is N#Cc1ccccc1-c1cc(-c2ccc3oc4ccccc4c3c2)cc(C#N)c1-c1ccc2oc3ccccc3c2c1. The molecule has 2 aromatic heterocycles. The maximum Gasteiger partial charge on any atom is 0.135 e. The second-order valence-electron chi connectivity index (χ2n) is 10.3. The van der Waals surface area contributed by atoms with Gasteiger partial charge in [-0.15, -0.1) is 0 Å². The van der Waals surface area contributed by atoms with Gasteiger partial charge in [-0.25, -0.2) is 0 Å². The van der Waals surface area contributed by atoms with Crippen molar-refractivity contribution < 1.29 is 8.83 Å². The zero-order chi connectivity index (χ0) is 28.2. The van der Waals surface area contributed by atoms with Gasteiger partial charge < -0.3 is 8.83 Å². The highest BCUT2D eigenvalue weighted by atomic mass is 16.3. The molecule has 0 aliphatic rings. The molecule has 0 atom stereocenters. The summed E-state index contributed by atoms with van der Waals surface area (Å²) in [5.74, 6) is 0. The Morgan fingerprint density at radius 1 is 0.405 bits per heavy atom. The zero-order valence-corrected chi connectivity index (χ0v) is 22.3. The van der Waals surface area contributed by atoms with Crippen LogP contribution in [-0.4, -0.2) is 0 Å². The van der Waals surface area contributed by atoms with E-state index in [0.29, 0.717) is 11.1 Å². The van der Waals surface area contributed by atoms with E-state index in [0.717, 1.165) is 77.3 Å². The van der Waals surface area contributed by atoms with Crippen molar-refractivity contribution in [3.05, 3.63) is 132 Å². The van der Waals surface area contributed by atoms with E-state index in [-0.39, 0.29) is 0 Å². The Morgan fingerprint density at radius 3 is 1.62 bits per heavy atom. The number of nitrogens with zero attached hydrogens (tertiary/aromatic N) is 2. The minimum atomic E-state index is 0.527. The number of benzene rings is 6. The standard InChI is InChI=1S/C38H20N2O2/c39-21-25-7-1-2-8-28(25)33-20-26(23-13-15-36-31(18-23)29-9-3-5-11-34(29)41-36)17-27(22-40)38(33)24-14-16-37-32(19-24)30-10-4-6-12-35(30)42-37/h1-20H. The van der Waals surface area contributed by atoms with Crippen molar-refractivity contribution in [1.29, 1.82) is 10.5 Å². The fraction of sp³-hybridized carbons (Fsp3) is 0. The molecule has 0 radical (unpaired) electrons. The Balaban J connectivity index is 1.41. The zero-order valence-electron chi connectivity index (χ0n) is 22.3. The third-order valence-corrected chi connectivity index (χ3v) is 7.97. The van der Waals surface area contributed by atoms with Gasteiger partial charge >= 0.3 is 0 Å². The number of fused-ring (bicyclic) bond motifs is 6. The van der Waals surface area contributed by atoms with Crippen molar-refractivity contribution in [2.45, 2.75) is 0 Å². The van der Waals surface area contributed by atoms with E-state index in [4.69, 9.17) is 8.83 Å². The Kier molecular flexibility index (Phi) is 5.22. The van der Waals surface area contributed by atoms with E-state index in [1.165, 1.54) is 0 Å². The van der Waals surface area contributed by atoms with Gasteiger partial charge in [0.15, 0.2) is 0 Å². The van der Waals surface area contributed by atoms with Gasteiger partial charge in [0.05, 0.1) is 23.3 Å². The second kappa shape index (κ2) is 9.24. The molecule has 4 heteroatoms. The molecular formula is C38H20N2O2. The first-order valence-electron chi connectivity index (χ1n) is 13.6. The van der Waals surface area contributed by atoms with Gasteiger partial charge in [0.25, 0.3) is 0 Å². The van der Waals surface area contributed by atoms with Crippen LogP contribution in [0.25, 0.3) is 77.3 Å². The average Bonchev–Trinajstić information content (AvgIpc) is 3.61. The summed E-state index contributed by atoms with van der Waals surface area (Å²) in [4.78, 5) is 0. The molecule has 2 heterocycles. The van der Waals surface area contributed by atoms with Gasteiger partial charge in [-0.2, -0.15) is 10.5 Å². The Bertz CT molecular complexity index is 2450. The maximum absolute atomic E-state index is 10.5. The molecule has 0 aliphatic carbocycles. The predicted molar refractivity (Wildman–Crippen MR) is 167 cm³/mol. The molecule has 0 N–H and O–H groups in total. The summed E-state index contributed by atoms with van der Waals surface area (Å²) >= 11 is 0. The van der Waals surface area contributed by atoms with Crippen LogP contribution >= 0.6 is 0 Å². The van der Waals surface area contributed by atoms with Crippen LogP contribution in [0.3, 0.4) is 0 Å². The van der Waals surface area contributed by atoms with Gasteiger partial charge in [-0.1, -0.05) is 66.7 Å². The molecule has 8 aromatic rings. The average molecular weight is 537 g/mol. The molecule has 0 saturated heterocycles. The second-order valence-corrected chi connectivity index (χ2v) is 10.3. The Morgan fingerprint density at radius 2 is 0.952 bits per heavy atom. The summed E-state index contributed by atoms with van der Waals surface area (Å²) in [7, 11) is 0. The third kappa shape index (κ3) is 3.60. The molecule has 0 spiro atoms. The van der Waals surface area contributed by atoms with Crippen LogP contribution in [0.15, 0.2) is 130 Å². The van der Waals surface area contributed by atoms with Crippen molar-refractivity contribution in [3.63, 3.8) is 0 Å². The molecule has 0 unspecified atom stereocenters. The first-order valence-corrected chi connectivity index (χ1v) is 13.6. The third-order valence-electron chi connectivity index (χ3n) is 7.97. The minimum absolute atomic E-state index is 0.527. The van der Waals surface area contributed by atoms with E-state index in [1.54, 1.807) is 0 Å². The lowest BCUT2D eigenvalue weighted by atomic mass is 9.85. The summed E-state index contributed by atoms with van der Waals surface area (Å²) in [6, 6.07) is 44.5. The van der Waals surface area contributed by atoms with Crippen molar-refractivity contribution in [2.75, 3.05) is 0 Å². The molecule has 8 rings (SSSR count). The van der Waals surface area contributed by atoms with Crippen LogP contribution in [0.4, 0.5) is 0 Å². The van der Waals surface area contributed by atoms with Gasteiger partial charge in [0.1, 0.15) is 22.3 Å². The lowest BCUT2D eigenvalue weighted by Gasteiger charge is -2.16. The lowest BCUT2D eigenvalue weighted by molar-refractivity contribution is 0.668. The summed E-state index contributed by atoms with van der Waals surface area (Å²) in [5, 5.41) is 24.6. The van der Waals surface area contributed by atoms with Crippen LogP contribution in [0.1, 0.15) is 11.1 Å². The van der Waals surface area contributed by atoms with Crippen molar-refractivity contribution in [3.8, 4) is 45.5 Å². The van der Waals surface area contributed by atoms with Crippen LogP contribution in [-0.2, 0) is 0 Å². The fourth-order valence-corrected chi connectivity index (χ4v) is 6.02. The van der Waals surface area contributed by atoms with Gasteiger partial charge in [-0.3, -0.25) is 0 Å². The number of furan rings is 2. The highest BCUT2D eigenvalue weighted by Gasteiger charge is 2.20. The Hall–Kier alpha value is -6.10. The Labute approximate surface area is 240 Å². The molecule has 0 aliphatic heterocycles. The lowest BCUT2D eigenvalue weighted by Crippen LogP contribution is -1.94. The highest BCUT2D eigenvalue weighted by molar-refractivity contribution is 6.08. The molecule has 194 valence electrons. The first-order chi connectivity index (χ1) is 20.7. The molecule has 6 aromatic carbocycles. The molecule has 4 nitrogen and oxygen atoms in total. The molecule has 42 heavy (non-hydrogen) atoms. The van der Waals surface area contributed by atoms with Crippen molar-refractivity contribution >= 4 is 43.9 Å². The predicted octanol–water partition coefficient (Wildman–Crippen LogP) is 10.2. The normalized spacial score (nSPS) is 11.3. The van der Waals surface area contributed by atoms with Gasteiger partial charge in [0, 0.05) is 32.7 Å². The largest absolute Gasteiger partial charge is 0.456 e. The van der Waals surface area contributed by atoms with Crippen LogP contribution in [0.5, 0.6) is 0 Å². The van der Waals surface area contributed by atoms with E-state index in [9.17, 15) is 10.5 Å². The minimum Gasteiger partial charge on any atom is -0.456 e. The molecule has 0 amide bonds.